The van der Waals surface area contributed by atoms with E-state index in [9.17, 15) is 0 Å². The van der Waals surface area contributed by atoms with Crippen LogP contribution in [0.1, 0.15) is 33.6 Å². The van der Waals surface area contributed by atoms with Gasteiger partial charge in [0.1, 0.15) is 0 Å². The van der Waals surface area contributed by atoms with Crippen molar-refractivity contribution in [3.63, 3.8) is 0 Å². The minimum absolute atomic E-state index is 0.486. The Morgan fingerprint density at radius 3 is 2.50 bits per heavy atom. The highest BCUT2D eigenvalue weighted by atomic mass is 79.9. The van der Waals surface area contributed by atoms with Gasteiger partial charge in [-0.15, -0.1) is 0 Å². The smallest absolute Gasteiger partial charge is 0.0568 e. The number of rotatable bonds is 5. The van der Waals surface area contributed by atoms with Gasteiger partial charge in [0.15, 0.2) is 0 Å². The molecule has 0 saturated heterocycles. The molecular formula is C13H19BrClN. The summed E-state index contributed by atoms with van der Waals surface area (Å²) < 4.78 is 0.939. The molecule has 0 aliphatic carbocycles. The molecule has 0 bridgehead atoms. The molecule has 16 heavy (non-hydrogen) atoms. The molecular weight excluding hydrogens is 286 g/mol. The van der Waals surface area contributed by atoms with Crippen LogP contribution in [-0.2, 0) is 0 Å². The van der Waals surface area contributed by atoms with E-state index in [1.54, 1.807) is 0 Å². The van der Waals surface area contributed by atoms with E-state index >= 15 is 0 Å². The Morgan fingerprint density at radius 2 is 1.94 bits per heavy atom. The SMILES string of the molecule is CC(C)CCC(C)Nc1ccc(Br)c(Cl)c1. The molecule has 1 unspecified atom stereocenters. The number of benzene rings is 1. The molecule has 0 aromatic heterocycles. The first-order valence-corrected chi connectivity index (χ1v) is 6.87. The molecule has 90 valence electrons. The molecule has 0 heterocycles. The zero-order valence-corrected chi connectivity index (χ0v) is 12.4. The van der Waals surface area contributed by atoms with Gasteiger partial charge in [-0.1, -0.05) is 25.4 Å². The number of halogens is 2. The van der Waals surface area contributed by atoms with E-state index in [-0.39, 0.29) is 0 Å². The van der Waals surface area contributed by atoms with Crippen molar-refractivity contribution in [2.45, 2.75) is 39.7 Å². The third kappa shape index (κ3) is 4.75. The van der Waals surface area contributed by atoms with E-state index in [0.717, 1.165) is 21.1 Å². The topological polar surface area (TPSA) is 12.0 Å². The molecule has 3 heteroatoms. The molecule has 0 aliphatic rings. The van der Waals surface area contributed by atoms with Crippen molar-refractivity contribution in [2.24, 2.45) is 5.92 Å². The Morgan fingerprint density at radius 1 is 1.25 bits per heavy atom. The van der Waals surface area contributed by atoms with Crippen molar-refractivity contribution in [3.05, 3.63) is 27.7 Å². The van der Waals surface area contributed by atoms with Gasteiger partial charge in [0.25, 0.3) is 0 Å². The van der Waals surface area contributed by atoms with Crippen LogP contribution in [0.2, 0.25) is 5.02 Å². The normalized spacial score (nSPS) is 12.9. The Hall–Kier alpha value is -0.210. The van der Waals surface area contributed by atoms with E-state index in [1.165, 1.54) is 12.8 Å². The summed E-state index contributed by atoms with van der Waals surface area (Å²) in [6, 6.07) is 6.46. The van der Waals surface area contributed by atoms with Gasteiger partial charge >= 0.3 is 0 Å². The van der Waals surface area contributed by atoms with Gasteiger partial charge in [0.2, 0.25) is 0 Å². The zero-order chi connectivity index (χ0) is 12.1. The lowest BCUT2D eigenvalue weighted by molar-refractivity contribution is 0.528. The summed E-state index contributed by atoms with van der Waals surface area (Å²) in [5.74, 6) is 0.762. The van der Waals surface area contributed by atoms with Gasteiger partial charge < -0.3 is 5.32 Å². The summed E-state index contributed by atoms with van der Waals surface area (Å²) in [5, 5.41) is 4.21. The minimum atomic E-state index is 0.486. The molecule has 1 nitrogen and oxygen atoms in total. The average Bonchev–Trinajstić information content (AvgIpc) is 2.21. The number of hydrogen-bond acceptors (Lipinski definition) is 1. The largest absolute Gasteiger partial charge is 0.383 e. The second kappa shape index (κ2) is 6.51. The number of nitrogens with one attached hydrogen (secondary N) is 1. The van der Waals surface area contributed by atoms with Gasteiger partial charge in [0.05, 0.1) is 5.02 Å². The van der Waals surface area contributed by atoms with Crippen molar-refractivity contribution in [1.29, 1.82) is 0 Å². The van der Waals surface area contributed by atoms with Crippen molar-refractivity contribution in [3.8, 4) is 0 Å². The van der Waals surface area contributed by atoms with Crippen molar-refractivity contribution in [1.82, 2.24) is 0 Å². The van der Waals surface area contributed by atoms with E-state index < -0.39 is 0 Å². The fourth-order valence-corrected chi connectivity index (χ4v) is 1.95. The summed E-state index contributed by atoms with van der Waals surface area (Å²) in [4.78, 5) is 0. The minimum Gasteiger partial charge on any atom is -0.383 e. The van der Waals surface area contributed by atoms with Crippen molar-refractivity contribution >= 4 is 33.2 Å². The quantitative estimate of drug-likeness (QED) is 0.774. The second-order valence-electron chi connectivity index (χ2n) is 4.65. The average molecular weight is 305 g/mol. The van der Waals surface area contributed by atoms with Crippen LogP contribution >= 0.6 is 27.5 Å². The maximum atomic E-state index is 6.04. The van der Waals surface area contributed by atoms with Crippen molar-refractivity contribution in [2.75, 3.05) is 5.32 Å². The number of hydrogen-bond donors (Lipinski definition) is 1. The van der Waals surface area contributed by atoms with Crippen LogP contribution in [0.3, 0.4) is 0 Å². The summed E-state index contributed by atoms with van der Waals surface area (Å²) in [5.41, 5.74) is 1.09. The monoisotopic (exact) mass is 303 g/mol. The lowest BCUT2D eigenvalue weighted by atomic mass is 10.0. The van der Waals surface area contributed by atoms with Crippen LogP contribution in [0.25, 0.3) is 0 Å². The first-order valence-electron chi connectivity index (χ1n) is 5.70. The first kappa shape index (κ1) is 13.9. The highest BCUT2D eigenvalue weighted by Crippen LogP contribution is 2.26. The van der Waals surface area contributed by atoms with Gasteiger partial charge in [-0.2, -0.15) is 0 Å². The summed E-state index contributed by atoms with van der Waals surface area (Å²) >= 11 is 9.42. The van der Waals surface area contributed by atoms with Gasteiger partial charge in [0, 0.05) is 16.2 Å². The van der Waals surface area contributed by atoms with Gasteiger partial charge in [-0.25, -0.2) is 0 Å². The third-order valence-electron chi connectivity index (χ3n) is 2.51. The second-order valence-corrected chi connectivity index (χ2v) is 5.91. The van der Waals surface area contributed by atoms with E-state index in [1.807, 2.05) is 18.2 Å². The number of anilines is 1. The predicted octanol–water partition coefficient (Wildman–Crippen LogP) is 5.34. The molecule has 0 fully saturated rings. The fraction of sp³-hybridized carbons (Fsp3) is 0.538. The van der Waals surface area contributed by atoms with Crippen LogP contribution in [0.5, 0.6) is 0 Å². The van der Waals surface area contributed by atoms with E-state index in [0.29, 0.717) is 6.04 Å². The van der Waals surface area contributed by atoms with Gasteiger partial charge in [-0.05, 0) is 59.8 Å². The van der Waals surface area contributed by atoms with Gasteiger partial charge in [-0.3, -0.25) is 0 Å². The molecule has 0 radical (unpaired) electrons. The third-order valence-corrected chi connectivity index (χ3v) is 3.74. The Kier molecular flexibility index (Phi) is 5.63. The standard InChI is InChI=1S/C13H19BrClN/c1-9(2)4-5-10(3)16-11-6-7-12(14)13(15)8-11/h6-10,16H,4-5H2,1-3H3. The molecule has 0 aliphatic heterocycles. The summed E-state index contributed by atoms with van der Waals surface area (Å²) in [6.07, 6.45) is 2.43. The van der Waals surface area contributed by atoms with Crippen LogP contribution in [0.15, 0.2) is 22.7 Å². The zero-order valence-electron chi connectivity index (χ0n) is 10.1. The highest BCUT2D eigenvalue weighted by molar-refractivity contribution is 9.10. The molecule has 1 aromatic carbocycles. The van der Waals surface area contributed by atoms with Crippen LogP contribution in [0.4, 0.5) is 5.69 Å². The maximum Gasteiger partial charge on any atom is 0.0568 e. The van der Waals surface area contributed by atoms with E-state index in [2.05, 4.69) is 42.0 Å². The highest BCUT2D eigenvalue weighted by Gasteiger charge is 2.05. The van der Waals surface area contributed by atoms with Crippen LogP contribution in [-0.4, -0.2) is 6.04 Å². The predicted molar refractivity (Wildman–Crippen MR) is 76.3 cm³/mol. The van der Waals surface area contributed by atoms with Crippen LogP contribution in [0, 0.1) is 5.92 Å². The molecule has 1 rings (SSSR count). The Labute approximate surface area is 112 Å². The molecule has 0 saturated carbocycles. The summed E-state index contributed by atoms with van der Waals surface area (Å²) in [7, 11) is 0. The molecule has 0 amide bonds. The Balaban J connectivity index is 2.49. The first-order chi connectivity index (χ1) is 7.49. The van der Waals surface area contributed by atoms with E-state index in [4.69, 9.17) is 11.6 Å². The summed E-state index contributed by atoms with van der Waals surface area (Å²) in [6.45, 7) is 6.71. The Bertz CT molecular complexity index is 339. The lowest BCUT2D eigenvalue weighted by Crippen LogP contribution is -2.15. The molecule has 1 aromatic rings. The fourth-order valence-electron chi connectivity index (χ4n) is 1.53. The lowest BCUT2D eigenvalue weighted by Gasteiger charge is -2.16. The maximum absolute atomic E-state index is 6.04. The van der Waals surface area contributed by atoms with Crippen molar-refractivity contribution < 1.29 is 0 Å². The molecule has 0 spiro atoms. The molecule has 1 atom stereocenters. The van der Waals surface area contributed by atoms with Crippen LogP contribution < -0.4 is 5.32 Å². The molecule has 1 N–H and O–H groups in total.